The SMILES string of the molecule is CC[C@H](C)[C@@H]([C@@H](CC(=O)N1CCC[C@H]1[C@H](OC)[C@@H](C)C(=O)N[C@H](C)[C@@H](O)c1ccccc1)OC)N(C)C(=O)[C@@H](NC(=O)[C@H](C(C)C)N(C)C(=O)OCc1ccc(NC(=O)[C@H](CCCNC(N)=O)NC(=O)[C@@H](NC(=O)[C@@H](CCC(=O)NC[C@H](O)[C@@H](O)[C@H](O)[C@H](O)CO)NC(=O)CCOCCOCCOCCOCCN2C(=O)C=CC2=O)C(C)C)cc1)C(C)C. The highest BCUT2D eigenvalue weighted by Gasteiger charge is 2.45. The monoisotopic (exact) mass is 1740 g/mol. The number of rotatable bonds is 58. The molecule has 0 radical (unpaired) electrons. The van der Waals surface area contributed by atoms with Gasteiger partial charge in [0.05, 0.1) is 121 Å². The fourth-order valence-electron chi connectivity index (χ4n) is 14.2. The van der Waals surface area contributed by atoms with Crippen molar-refractivity contribution in [3.63, 3.8) is 0 Å². The average Bonchev–Trinajstić information content (AvgIpc) is 1.76. The van der Waals surface area contributed by atoms with Crippen LogP contribution in [0.1, 0.15) is 144 Å². The minimum Gasteiger partial charge on any atom is -0.445 e. The molecule has 1 fully saturated rings. The second kappa shape index (κ2) is 55.1. The highest BCUT2D eigenvalue weighted by atomic mass is 16.6. The number of likely N-dealkylation sites (tertiary alicyclic amines) is 1. The molecule has 1 saturated heterocycles. The number of urea groups is 1. The summed E-state index contributed by atoms with van der Waals surface area (Å²) in [5.41, 5.74) is 6.62. The minimum atomic E-state index is -2.00. The normalized spacial score (nSPS) is 17.3. The molecule has 2 aromatic rings. The van der Waals surface area contributed by atoms with Gasteiger partial charge in [0, 0.05) is 78.6 Å². The van der Waals surface area contributed by atoms with E-state index in [0.717, 1.165) is 9.80 Å². The molecule has 39 heteroatoms. The Morgan fingerprint density at radius 2 is 1.18 bits per heavy atom. The number of ether oxygens (including phenoxy) is 7. The van der Waals surface area contributed by atoms with E-state index in [1.807, 2.05) is 19.9 Å². The lowest BCUT2D eigenvalue weighted by atomic mass is 9.89. The van der Waals surface area contributed by atoms with Gasteiger partial charge in [-0.15, -0.1) is 0 Å². The third-order valence-electron chi connectivity index (χ3n) is 21.6. The summed E-state index contributed by atoms with van der Waals surface area (Å²) in [5.74, 6) is -9.18. The van der Waals surface area contributed by atoms with Gasteiger partial charge in [-0.3, -0.25) is 62.5 Å². The lowest BCUT2D eigenvalue weighted by Crippen LogP contribution is -2.60. The lowest BCUT2D eigenvalue weighted by Gasteiger charge is -2.41. The molecule has 39 nitrogen and oxygen atoms in total. The molecule has 0 spiro atoms. The summed E-state index contributed by atoms with van der Waals surface area (Å²) in [6.07, 6.45) is -8.12. The Hall–Kier alpha value is -9.39. The van der Waals surface area contributed by atoms with Crippen LogP contribution in [0.4, 0.5) is 15.3 Å². The van der Waals surface area contributed by atoms with Crippen LogP contribution in [0.15, 0.2) is 66.7 Å². The summed E-state index contributed by atoms with van der Waals surface area (Å²) in [6, 6.07) is 5.96. The van der Waals surface area contributed by atoms with Crippen LogP contribution >= 0.6 is 0 Å². The minimum absolute atomic E-state index is 0.0116. The van der Waals surface area contributed by atoms with Crippen LogP contribution in [0, 0.1) is 29.6 Å². The highest BCUT2D eigenvalue weighted by molar-refractivity contribution is 6.13. The van der Waals surface area contributed by atoms with Crippen molar-refractivity contribution in [1.82, 2.24) is 56.8 Å². The molecule has 692 valence electrons. The number of benzene rings is 2. The van der Waals surface area contributed by atoms with E-state index in [4.69, 9.17) is 44.0 Å². The van der Waals surface area contributed by atoms with Crippen molar-refractivity contribution in [2.45, 2.75) is 225 Å². The van der Waals surface area contributed by atoms with E-state index in [0.29, 0.717) is 36.9 Å². The molecule has 2 aliphatic heterocycles. The van der Waals surface area contributed by atoms with Crippen molar-refractivity contribution >= 4 is 82.8 Å². The standard InChI is InChI=1S/C84H135N13O26/c1-15-52(8)72(63(117-13)45-68(105)96-35-20-24-60(96)76(118-14)53(9)77(109)88-54(10)73(106)56-21-17-16-18-22-56)94(11)82(114)70(50(4)5)93-81(113)71(51(6)7)95(12)84(116)123-48-55-25-27-57(28-26-55)89-78(110)58(23-19-34-86-83(85)115)91-80(112)69(49(2)3)92-79(111)59(29-30-64(101)87-46-61(99)74(107)75(108)62(100)47-98)90-65(102)33-37-119-39-41-121-43-44-122-42-40-120-38-36-97-66(103)31-32-67(97)104/h16-18,21-22,25-28,31-32,49-54,58-63,69-76,98-100,106-108H,15,19-20,23-24,29-30,33-48H2,1-14H3,(H,87,101)(H,88,109)(H,89,110)(H,90,102)(H,91,112)(H,92,111)(H,93,113)(H3,85,86,115)/t52-,53+,54+,58-,59+,60-,61-,62+,63+,69-,70-,71-,72-,73+,74+,75+,76+/m0/s1. The molecule has 2 aromatic carbocycles. The first-order valence-corrected chi connectivity index (χ1v) is 42.0. The highest BCUT2D eigenvalue weighted by Crippen LogP contribution is 2.31. The Kier molecular flexibility index (Phi) is 47.4. The second-order valence-corrected chi connectivity index (χ2v) is 31.9. The molecule has 2 aliphatic rings. The van der Waals surface area contributed by atoms with Crippen molar-refractivity contribution in [2.24, 2.45) is 35.3 Å². The number of amides is 14. The fraction of sp³-hybridized carbons (Fsp3) is 0.679. The molecule has 123 heavy (non-hydrogen) atoms. The first-order chi connectivity index (χ1) is 58.3. The summed E-state index contributed by atoms with van der Waals surface area (Å²) < 4.78 is 39.7. The quantitative estimate of drug-likeness (QED) is 0.0301. The number of nitrogens with one attached hydrogen (secondary N) is 8. The number of aliphatic hydroxyl groups excluding tert-OH is 6. The zero-order chi connectivity index (χ0) is 91.7. The van der Waals surface area contributed by atoms with Gasteiger partial charge in [-0.2, -0.15) is 0 Å². The van der Waals surface area contributed by atoms with Crippen LogP contribution in [-0.2, 0) is 92.5 Å². The number of imide groups is 1. The van der Waals surface area contributed by atoms with Gasteiger partial charge in [-0.1, -0.05) is 111 Å². The van der Waals surface area contributed by atoms with Crippen molar-refractivity contribution in [1.29, 1.82) is 0 Å². The Morgan fingerprint density at radius 3 is 1.74 bits per heavy atom. The summed E-state index contributed by atoms with van der Waals surface area (Å²) in [7, 11) is 5.97. The van der Waals surface area contributed by atoms with Crippen molar-refractivity contribution < 1.29 is 126 Å². The third-order valence-corrected chi connectivity index (χ3v) is 21.6. The number of primary amides is 1. The maximum atomic E-state index is 14.9. The zero-order valence-corrected chi connectivity index (χ0v) is 73.4. The fourth-order valence-corrected chi connectivity index (χ4v) is 14.2. The van der Waals surface area contributed by atoms with Gasteiger partial charge in [-0.25, -0.2) is 9.59 Å². The smallest absolute Gasteiger partial charge is 0.410 e. The lowest BCUT2D eigenvalue weighted by molar-refractivity contribution is -0.148. The van der Waals surface area contributed by atoms with E-state index >= 15 is 0 Å². The molecule has 16 N–H and O–H groups in total. The molecule has 0 aromatic heterocycles. The Morgan fingerprint density at radius 1 is 0.602 bits per heavy atom. The predicted octanol–water partition coefficient (Wildman–Crippen LogP) is -0.210. The largest absolute Gasteiger partial charge is 0.445 e. The number of hydrogen-bond acceptors (Lipinski definition) is 26. The Balaban J connectivity index is 1.40. The zero-order valence-electron chi connectivity index (χ0n) is 73.4. The van der Waals surface area contributed by atoms with E-state index in [9.17, 15) is 87.9 Å². The van der Waals surface area contributed by atoms with E-state index < -0.39 is 206 Å². The van der Waals surface area contributed by atoms with Crippen molar-refractivity contribution in [3.8, 4) is 0 Å². The van der Waals surface area contributed by atoms with Gasteiger partial charge in [0.15, 0.2) is 0 Å². The van der Waals surface area contributed by atoms with Gasteiger partial charge in [0.2, 0.25) is 53.2 Å². The Bertz CT molecular complexity index is 3680. The molecule has 0 unspecified atom stereocenters. The van der Waals surface area contributed by atoms with E-state index in [1.165, 1.54) is 50.5 Å². The number of likely N-dealkylation sites (N-methyl/N-ethyl adjacent to an activating group) is 2. The predicted molar refractivity (Wildman–Crippen MR) is 448 cm³/mol. The number of aliphatic hydroxyl groups is 6. The number of carbonyl (C=O) groups is 13. The third kappa shape index (κ3) is 34.9. The average molecular weight is 1740 g/mol. The maximum absolute atomic E-state index is 14.9. The van der Waals surface area contributed by atoms with Gasteiger partial charge in [-0.05, 0) is 86.0 Å². The molecule has 17 atom stereocenters. The Labute approximate surface area is 720 Å². The van der Waals surface area contributed by atoms with Crippen LogP contribution in [-0.4, -0.2) is 326 Å². The van der Waals surface area contributed by atoms with Crippen LogP contribution in [0.25, 0.3) is 0 Å². The molecule has 0 bridgehead atoms. The number of nitrogens with two attached hydrogens (primary N) is 1. The maximum Gasteiger partial charge on any atom is 0.410 e. The number of methoxy groups -OCH3 is 2. The van der Waals surface area contributed by atoms with Crippen LogP contribution in [0.5, 0.6) is 0 Å². The van der Waals surface area contributed by atoms with Gasteiger partial charge < -0.3 is 122 Å². The van der Waals surface area contributed by atoms with Gasteiger partial charge >= 0.3 is 12.1 Å². The van der Waals surface area contributed by atoms with Crippen LogP contribution in [0.2, 0.25) is 0 Å². The van der Waals surface area contributed by atoms with Crippen molar-refractivity contribution in [2.75, 3.05) is 119 Å². The second-order valence-electron chi connectivity index (χ2n) is 31.9. The summed E-state index contributed by atoms with van der Waals surface area (Å²) >= 11 is 0. The molecule has 2 heterocycles. The number of nitrogens with zero attached hydrogens (tertiary/aromatic N) is 4. The first-order valence-electron chi connectivity index (χ1n) is 42.0. The summed E-state index contributed by atoms with van der Waals surface area (Å²) in [5, 5.41) is 81.8. The first kappa shape index (κ1) is 106. The van der Waals surface area contributed by atoms with Crippen LogP contribution < -0.4 is 48.3 Å². The summed E-state index contributed by atoms with van der Waals surface area (Å²) in [4.78, 5) is 181. The molecule has 0 saturated carbocycles. The van der Waals surface area contributed by atoms with E-state index in [1.54, 1.807) is 104 Å². The number of carbonyl (C=O) groups excluding carboxylic acids is 13. The van der Waals surface area contributed by atoms with Crippen molar-refractivity contribution in [3.05, 3.63) is 77.9 Å². The molecule has 0 aliphatic carbocycles. The number of anilines is 1. The summed E-state index contributed by atoms with van der Waals surface area (Å²) in [6.45, 7) is 17.1. The van der Waals surface area contributed by atoms with Gasteiger partial charge in [0.25, 0.3) is 11.8 Å². The molecule has 4 rings (SSSR count). The van der Waals surface area contributed by atoms with E-state index in [-0.39, 0.29) is 122 Å². The topological polar surface area (TPSA) is 543 Å². The molecular formula is C84H135N13O26. The molecule has 14 amide bonds. The molecular weight excluding hydrogens is 1610 g/mol. The number of hydrogen-bond donors (Lipinski definition) is 15. The van der Waals surface area contributed by atoms with Gasteiger partial charge in [0.1, 0.15) is 55.1 Å². The van der Waals surface area contributed by atoms with Crippen LogP contribution in [0.3, 0.4) is 0 Å². The van der Waals surface area contributed by atoms with E-state index in [2.05, 4.69) is 42.5 Å².